The number of hydrogen-bond acceptors (Lipinski definition) is 2. The number of anilines is 1. The fraction of sp³-hybridized carbons (Fsp3) is 0.368. The van der Waals surface area contributed by atoms with Crippen LogP contribution in [0.15, 0.2) is 53.4 Å². The van der Waals surface area contributed by atoms with Crippen LogP contribution in [0, 0.1) is 0 Å². The minimum Gasteiger partial charge on any atom is -0.280 e. The summed E-state index contributed by atoms with van der Waals surface area (Å²) in [6.07, 6.45) is 1.03. The molecule has 0 aliphatic heterocycles. The highest BCUT2D eigenvalue weighted by Gasteiger charge is 2.15. The van der Waals surface area contributed by atoms with Gasteiger partial charge in [-0.2, -0.15) is 0 Å². The van der Waals surface area contributed by atoms with E-state index in [9.17, 15) is 8.42 Å². The van der Waals surface area contributed by atoms with E-state index < -0.39 is 10.0 Å². The van der Waals surface area contributed by atoms with Crippen LogP contribution in [0.2, 0.25) is 0 Å². The Morgan fingerprint density at radius 2 is 1.39 bits per heavy atom. The van der Waals surface area contributed by atoms with Crippen molar-refractivity contribution in [2.45, 2.75) is 50.8 Å². The second-order valence-electron chi connectivity index (χ2n) is 6.26. The summed E-state index contributed by atoms with van der Waals surface area (Å²) in [7, 11) is -3.55. The normalized spacial score (nSPS) is 13.1. The number of benzene rings is 2. The van der Waals surface area contributed by atoms with Crippen LogP contribution >= 0.6 is 0 Å². The lowest BCUT2D eigenvalue weighted by atomic mass is 9.99. The molecule has 23 heavy (non-hydrogen) atoms. The molecule has 0 aliphatic rings. The molecule has 0 bridgehead atoms. The molecule has 1 N–H and O–H groups in total. The second kappa shape index (κ2) is 7.18. The van der Waals surface area contributed by atoms with Gasteiger partial charge in [-0.05, 0) is 53.6 Å². The van der Waals surface area contributed by atoms with Gasteiger partial charge in [0.1, 0.15) is 0 Å². The van der Waals surface area contributed by atoms with Crippen LogP contribution < -0.4 is 4.72 Å². The summed E-state index contributed by atoms with van der Waals surface area (Å²) < 4.78 is 27.6. The zero-order chi connectivity index (χ0) is 17.0. The summed E-state index contributed by atoms with van der Waals surface area (Å²) >= 11 is 0. The van der Waals surface area contributed by atoms with Gasteiger partial charge < -0.3 is 0 Å². The summed E-state index contributed by atoms with van der Waals surface area (Å²) in [6.45, 7) is 8.48. The third kappa shape index (κ3) is 4.35. The van der Waals surface area contributed by atoms with Crippen LogP contribution in [0.25, 0.3) is 0 Å². The van der Waals surface area contributed by atoms with E-state index in [1.165, 1.54) is 5.56 Å². The Balaban J connectivity index is 2.18. The van der Waals surface area contributed by atoms with Gasteiger partial charge >= 0.3 is 0 Å². The molecule has 2 aromatic rings. The average molecular weight is 331 g/mol. The smallest absolute Gasteiger partial charge is 0.261 e. The maximum Gasteiger partial charge on any atom is 0.261 e. The van der Waals surface area contributed by atoms with Gasteiger partial charge in [0.05, 0.1) is 4.90 Å². The van der Waals surface area contributed by atoms with Crippen molar-refractivity contribution >= 4 is 15.7 Å². The van der Waals surface area contributed by atoms with Gasteiger partial charge in [-0.3, -0.25) is 4.72 Å². The molecule has 0 aliphatic carbocycles. The standard InChI is InChI=1S/C19H25NO2S/c1-5-15(4)17-8-12-19(13-9-17)23(21,22)20-18-10-6-16(7-11-18)14(2)3/h6-15,20H,5H2,1-4H3. The van der Waals surface area contributed by atoms with E-state index in [0.717, 1.165) is 12.0 Å². The van der Waals surface area contributed by atoms with Gasteiger partial charge in [0.25, 0.3) is 10.0 Å². The minimum absolute atomic E-state index is 0.289. The summed E-state index contributed by atoms with van der Waals surface area (Å²) in [4.78, 5) is 0.289. The van der Waals surface area contributed by atoms with Gasteiger partial charge in [-0.25, -0.2) is 8.42 Å². The highest BCUT2D eigenvalue weighted by Crippen LogP contribution is 2.23. The van der Waals surface area contributed by atoms with E-state index in [-0.39, 0.29) is 4.90 Å². The Labute approximate surface area is 139 Å². The topological polar surface area (TPSA) is 46.2 Å². The predicted molar refractivity (Wildman–Crippen MR) is 96.5 cm³/mol. The van der Waals surface area contributed by atoms with Crippen molar-refractivity contribution in [2.75, 3.05) is 4.72 Å². The molecule has 0 saturated carbocycles. The van der Waals surface area contributed by atoms with E-state index in [0.29, 0.717) is 17.5 Å². The fourth-order valence-electron chi connectivity index (χ4n) is 2.36. The molecule has 0 spiro atoms. The number of nitrogens with one attached hydrogen (secondary N) is 1. The van der Waals surface area contributed by atoms with E-state index in [1.807, 2.05) is 24.3 Å². The molecular weight excluding hydrogens is 306 g/mol. The summed E-state index contributed by atoms with van der Waals surface area (Å²) in [5.74, 6) is 0.858. The molecule has 0 fully saturated rings. The second-order valence-corrected chi connectivity index (χ2v) is 7.94. The van der Waals surface area contributed by atoms with Crippen LogP contribution in [-0.2, 0) is 10.0 Å². The molecule has 0 radical (unpaired) electrons. The van der Waals surface area contributed by atoms with Crippen LogP contribution in [0.3, 0.4) is 0 Å². The first kappa shape index (κ1) is 17.5. The fourth-order valence-corrected chi connectivity index (χ4v) is 3.42. The first-order chi connectivity index (χ1) is 10.8. The molecule has 2 aromatic carbocycles. The molecule has 0 heterocycles. The lowest BCUT2D eigenvalue weighted by molar-refractivity contribution is 0.601. The molecule has 0 saturated heterocycles. The largest absolute Gasteiger partial charge is 0.280 e. The van der Waals surface area contributed by atoms with Crippen molar-refractivity contribution in [3.63, 3.8) is 0 Å². The van der Waals surface area contributed by atoms with Crippen molar-refractivity contribution in [2.24, 2.45) is 0 Å². The van der Waals surface area contributed by atoms with Crippen LogP contribution in [0.4, 0.5) is 5.69 Å². The Hall–Kier alpha value is -1.81. The Bertz CT molecular complexity index is 732. The zero-order valence-electron chi connectivity index (χ0n) is 14.2. The molecule has 0 aromatic heterocycles. The monoisotopic (exact) mass is 331 g/mol. The van der Waals surface area contributed by atoms with Crippen molar-refractivity contribution in [1.82, 2.24) is 0 Å². The lowest BCUT2D eigenvalue weighted by Gasteiger charge is -2.12. The molecule has 3 nitrogen and oxygen atoms in total. The number of hydrogen-bond donors (Lipinski definition) is 1. The molecule has 1 unspecified atom stereocenters. The SMILES string of the molecule is CCC(C)c1ccc(S(=O)(=O)Nc2ccc(C(C)C)cc2)cc1. The van der Waals surface area contributed by atoms with Crippen LogP contribution in [-0.4, -0.2) is 8.42 Å². The highest BCUT2D eigenvalue weighted by atomic mass is 32.2. The predicted octanol–water partition coefficient (Wildman–Crippen LogP) is 5.12. The number of sulfonamides is 1. The van der Waals surface area contributed by atoms with Crippen LogP contribution in [0.1, 0.15) is 57.1 Å². The van der Waals surface area contributed by atoms with Crippen molar-refractivity contribution < 1.29 is 8.42 Å². The van der Waals surface area contributed by atoms with Gasteiger partial charge in [-0.15, -0.1) is 0 Å². The Morgan fingerprint density at radius 3 is 1.87 bits per heavy atom. The summed E-state index contributed by atoms with van der Waals surface area (Å²) in [6, 6.07) is 14.7. The first-order valence-electron chi connectivity index (χ1n) is 8.06. The Morgan fingerprint density at radius 1 is 0.870 bits per heavy atom. The van der Waals surface area contributed by atoms with E-state index in [1.54, 1.807) is 24.3 Å². The van der Waals surface area contributed by atoms with Gasteiger partial charge in [0.2, 0.25) is 0 Å². The third-order valence-corrected chi connectivity index (χ3v) is 5.60. The van der Waals surface area contributed by atoms with Crippen molar-refractivity contribution in [1.29, 1.82) is 0 Å². The Kier molecular flexibility index (Phi) is 5.47. The molecule has 4 heteroatoms. The average Bonchev–Trinajstić information content (AvgIpc) is 2.54. The van der Waals surface area contributed by atoms with Gasteiger partial charge in [-0.1, -0.05) is 52.0 Å². The van der Waals surface area contributed by atoms with E-state index in [2.05, 4.69) is 32.4 Å². The van der Waals surface area contributed by atoms with Crippen molar-refractivity contribution in [3.05, 3.63) is 59.7 Å². The zero-order valence-corrected chi connectivity index (χ0v) is 15.0. The first-order valence-corrected chi connectivity index (χ1v) is 9.54. The highest BCUT2D eigenvalue weighted by molar-refractivity contribution is 7.92. The molecule has 2 rings (SSSR count). The molecule has 124 valence electrons. The lowest BCUT2D eigenvalue weighted by Crippen LogP contribution is -2.13. The molecular formula is C19H25NO2S. The quantitative estimate of drug-likeness (QED) is 0.798. The van der Waals surface area contributed by atoms with Gasteiger partial charge in [0.15, 0.2) is 0 Å². The third-order valence-electron chi connectivity index (χ3n) is 4.20. The van der Waals surface area contributed by atoms with Crippen molar-refractivity contribution in [3.8, 4) is 0 Å². The molecule has 1 atom stereocenters. The summed E-state index contributed by atoms with van der Waals surface area (Å²) in [5, 5.41) is 0. The maximum atomic E-state index is 12.5. The van der Waals surface area contributed by atoms with Gasteiger partial charge in [0, 0.05) is 5.69 Å². The summed E-state index contributed by atoms with van der Waals surface area (Å²) in [5.41, 5.74) is 2.93. The van der Waals surface area contributed by atoms with E-state index in [4.69, 9.17) is 0 Å². The maximum absolute atomic E-state index is 12.5. The van der Waals surface area contributed by atoms with Crippen LogP contribution in [0.5, 0.6) is 0 Å². The van der Waals surface area contributed by atoms with E-state index >= 15 is 0 Å². The number of rotatable bonds is 6. The minimum atomic E-state index is -3.55. The molecule has 0 amide bonds.